The highest BCUT2D eigenvalue weighted by molar-refractivity contribution is 8.14. The van der Waals surface area contributed by atoms with Gasteiger partial charge >= 0.3 is 0 Å². The molecule has 0 spiro atoms. The Kier molecular flexibility index (Phi) is 2.74. The minimum atomic E-state index is -3.94. The van der Waals surface area contributed by atoms with Crippen molar-refractivity contribution < 1.29 is 8.42 Å². The van der Waals surface area contributed by atoms with Crippen LogP contribution in [0, 0.1) is 0 Å². The molecule has 0 bridgehead atoms. The van der Waals surface area contributed by atoms with Crippen molar-refractivity contribution in [3.8, 4) is 11.3 Å². The largest absolute Gasteiger partial charge is 0.321 e. The smallest absolute Gasteiger partial charge is 0.261 e. The van der Waals surface area contributed by atoms with Crippen molar-refractivity contribution in [3.63, 3.8) is 0 Å². The highest BCUT2D eigenvalue weighted by atomic mass is 35.7. The van der Waals surface area contributed by atoms with Crippen LogP contribution in [0.5, 0.6) is 0 Å². The number of rotatable bonds is 1. The summed E-state index contributed by atoms with van der Waals surface area (Å²) in [5.41, 5.74) is 3.16. The van der Waals surface area contributed by atoms with Crippen molar-refractivity contribution in [1.29, 1.82) is 0 Å². The summed E-state index contributed by atoms with van der Waals surface area (Å²) in [5.74, 6) is 0. The molecule has 0 aliphatic heterocycles. The number of benzene rings is 2. The van der Waals surface area contributed by atoms with Gasteiger partial charge in [-0.15, -0.1) is 0 Å². The Balaban J connectivity index is 2.22. The summed E-state index contributed by atoms with van der Waals surface area (Å²) in [7, 11) is 1.63. The summed E-state index contributed by atoms with van der Waals surface area (Å²) >= 11 is 0. The Bertz CT molecular complexity index is 1100. The molecule has 0 atom stereocenters. The fourth-order valence-electron chi connectivity index (χ4n) is 3.13. The zero-order chi connectivity index (χ0) is 15.5. The Morgan fingerprint density at radius 2 is 1.82 bits per heavy atom. The molecule has 1 aliphatic rings. The van der Waals surface area contributed by atoms with Crippen LogP contribution in [-0.4, -0.2) is 13.4 Å². The first kappa shape index (κ1) is 13.5. The number of halogens is 1. The third-order valence-corrected chi connectivity index (χ3v) is 5.39. The van der Waals surface area contributed by atoms with E-state index >= 15 is 0 Å². The van der Waals surface area contributed by atoms with E-state index in [0.717, 1.165) is 16.7 Å². The van der Waals surface area contributed by atoms with E-state index in [-0.39, 0.29) is 10.5 Å². The second-order valence-electron chi connectivity index (χ2n) is 5.26. The van der Waals surface area contributed by atoms with Gasteiger partial charge in [0, 0.05) is 33.4 Å². The average molecular weight is 332 g/mol. The van der Waals surface area contributed by atoms with E-state index in [0.29, 0.717) is 22.9 Å². The molecular formula is C16H10ClNO3S. The number of H-pyrrole nitrogens is 1. The van der Waals surface area contributed by atoms with Crippen molar-refractivity contribution in [2.75, 3.05) is 0 Å². The molecule has 1 N–H and O–H groups in total. The van der Waals surface area contributed by atoms with Gasteiger partial charge in [0.25, 0.3) is 14.6 Å². The minimum Gasteiger partial charge on any atom is -0.321 e. The number of pyridine rings is 1. The van der Waals surface area contributed by atoms with Gasteiger partial charge in [-0.25, -0.2) is 8.42 Å². The van der Waals surface area contributed by atoms with Crippen molar-refractivity contribution in [2.45, 2.75) is 11.3 Å². The fourth-order valence-corrected chi connectivity index (χ4v) is 4.24. The lowest BCUT2D eigenvalue weighted by Crippen LogP contribution is -2.10. The van der Waals surface area contributed by atoms with Crippen LogP contribution in [0.3, 0.4) is 0 Å². The molecule has 0 radical (unpaired) electrons. The highest BCUT2D eigenvalue weighted by Crippen LogP contribution is 2.39. The molecule has 0 amide bonds. The van der Waals surface area contributed by atoms with Gasteiger partial charge in [-0.3, -0.25) is 4.79 Å². The Labute approximate surface area is 130 Å². The SMILES string of the molecule is O=c1[nH]c2c(c3c(S(=O)(=O)Cl)cccc13)Cc1ccccc1-2. The Hall–Kier alpha value is -2.11. The zero-order valence-electron chi connectivity index (χ0n) is 11.3. The van der Waals surface area contributed by atoms with Gasteiger partial charge in [0.15, 0.2) is 0 Å². The van der Waals surface area contributed by atoms with E-state index in [1.807, 2.05) is 24.3 Å². The summed E-state index contributed by atoms with van der Waals surface area (Å²) in [6, 6.07) is 12.3. The predicted molar refractivity (Wildman–Crippen MR) is 85.8 cm³/mol. The Morgan fingerprint density at radius 1 is 1.05 bits per heavy atom. The molecule has 2 aromatic carbocycles. The molecule has 0 saturated heterocycles. The molecule has 4 rings (SSSR count). The normalized spacial score (nSPS) is 13.1. The quantitative estimate of drug-likeness (QED) is 0.545. The van der Waals surface area contributed by atoms with Crippen molar-refractivity contribution in [2.24, 2.45) is 0 Å². The maximum Gasteiger partial charge on any atom is 0.261 e. The lowest BCUT2D eigenvalue weighted by molar-refractivity contribution is 0.610. The van der Waals surface area contributed by atoms with Crippen LogP contribution in [0.15, 0.2) is 52.2 Å². The topological polar surface area (TPSA) is 67.0 Å². The summed E-state index contributed by atoms with van der Waals surface area (Å²) in [6.07, 6.45) is 0.572. The van der Waals surface area contributed by atoms with E-state index in [1.54, 1.807) is 6.07 Å². The average Bonchev–Trinajstić information content (AvgIpc) is 2.85. The van der Waals surface area contributed by atoms with Gasteiger partial charge in [-0.1, -0.05) is 30.3 Å². The molecule has 1 aliphatic carbocycles. The first-order valence-electron chi connectivity index (χ1n) is 6.67. The monoisotopic (exact) mass is 331 g/mol. The second kappa shape index (κ2) is 4.44. The molecule has 3 aromatic rings. The summed E-state index contributed by atoms with van der Waals surface area (Å²) in [4.78, 5) is 15.2. The van der Waals surface area contributed by atoms with Gasteiger partial charge in [-0.2, -0.15) is 0 Å². The van der Waals surface area contributed by atoms with Crippen LogP contribution in [0.1, 0.15) is 11.1 Å². The summed E-state index contributed by atoms with van der Waals surface area (Å²) in [5, 5.41) is 0.765. The first-order chi connectivity index (χ1) is 10.5. The van der Waals surface area contributed by atoms with Gasteiger partial charge in [-0.05, 0) is 23.3 Å². The second-order valence-corrected chi connectivity index (χ2v) is 7.79. The molecule has 4 nitrogen and oxygen atoms in total. The van der Waals surface area contributed by atoms with E-state index in [4.69, 9.17) is 10.7 Å². The van der Waals surface area contributed by atoms with E-state index in [1.165, 1.54) is 12.1 Å². The van der Waals surface area contributed by atoms with Crippen LogP contribution in [-0.2, 0) is 15.5 Å². The molecule has 0 unspecified atom stereocenters. The van der Waals surface area contributed by atoms with E-state index < -0.39 is 9.05 Å². The Morgan fingerprint density at radius 3 is 2.59 bits per heavy atom. The van der Waals surface area contributed by atoms with Crippen LogP contribution in [0.2, 0.25) is 0 Å². The third kappa shape index (κ3) is 1.82. The van der Waals surface area contributed by atoms with Gasteiger partial charge in [0.05, 0.1) is 10.6 Å². The number of aromatic amines is 1. The van der Waals surface area contributed by atoms with Crippen LogP contribution in [0.4, 0.5) is 0 Å². The van der Waals surface area contributed by atoms with Crippen molar-refractivity contribution >= 4 is 30.5 Å². The lowest BCUT2D eigenvalue weighted by Gasteiger charge is -2.08. The number of hydrogen-bond acceptors (Lipinski definition) is 3. The van der Waals surface area contributed by atoms with Crippen molar-refractivity contribution in [3.05, 3.63) is 63.9 Å². The molecular weight excluding hydrogens is 322 g/mol. The molecule has 22 heavy (non-hydrogen) atoms. The summed E-state index contributed by atoms with van der Waals surface area (Å²) < 4.78 is 23.8. The molecule has 1 heterocycles. The molecule has 0 saturated carbocycles. The number of aromatic nitrogens is 1. The van der Waals surface area contributed by atoms with E-state index in [9.17, 15) is 13.2 Å². The maximum atomic E-state index is 12.3. The molecule has 0 fully saturated rings. The predicted octanol–water partition coefficient (Wildman–Crippen LogP) is 3.03. The fraction of sp³-hybridized carbons (Fsp3) is 0.0625. The van der Waals surface area contributed by atoms with Crippen LogP contribution < -0.4 is 5.56 Å². The maximum absolute atomic E-state index is 12.3. The standard InChI is InChI=1S/C16H10ClNO3S/c17-22(20,21)13-7-3-6-11-14(13)12-8-9-4-1-2-5-10(9)15(12)18-16(11)19/h1-7H,8H2,(H,18,19). The van der Waals surface area contributed by atoms with Crippen LogP contribution in [0.25, 0.3) is 22.0 Å². The third-order valence-electron chi connectivity index (χ3n) is 4.03. The van der Waals surface area contributed by atoms with Crippen molar-refractivity contribution in [1.82, 2.24) is 4.98 Å². The van der Waals surface area contributed by atoms with Gasteiger partial charge in [0.1, 0.15) is 0 Å². The lowest BCUT2D eigenvalue weighted by atomic mass is 10.0. The van der Waals surface area contributed by atoms with Crippen LogP contribution >= 0.6 is 10.7 Å². The first-order valence-corrected chi connectivity index (χ1v) is 8.98. The van der Waals surface area contributed by atoms with Gasteiger partial charge < -0.3 is 4.98 Å². The molecule has 6 heteroatoms. The summed E-state index contributed by atoms with van der Waals surface area (Å²) in [6.45, 7) is 0. The zero-order valence-corrected chi connectivity index (χ0v) is 12.8. The number of fused-ring (bicyclic) bond motifs is 5. The number of hydrogen-bond donors (Lipinski definition) is 1. The molecule has 110 valence electrons. The molecule has 1 aromatic heterocycles. The highest BCUT2D eigenvalue weighted by Gasteiger charge is 2.26. The van der Waals surface area contributed by atoms with E-state index in [2.05, 4.69) is 4.98 Å². The van der Waals surface area contributed by atoms with Gasteiger partial charge in [0.2, 0.25) is 0 Å². The minimum absolute atomic E-state index is 0.0122. The number of nitrogens with one attached hydrogen (secondary N) is 1.